The van der Waals surface area contributed by atoms with E-state index in [2.05, 4.69) is 5.10 Å². The molecule has 2 aromatic rings. The molecule has 0 fully saturated rings. The van der Waals surface area contributed by atoms with Crippen molar-refractivity contribution in [2.24, 2.45) is 0 Å². The number of aromatic nitrogens is 2. The van der Waals surface area contributed by atoms with Gasteiger partial charge in [0, 0.05) is 6.07 Å². The highest BCUT2D eigenvalue weighted by molar-refractivity contribution is 6.30. The van der Waals surface area contributed by atoms with Gasteiger partial charge in [-0.3, -0.25) is 0 Å². The predicted molar refractivity (Wildman–Crippen MR) is 55.5 cm³/mol. The number of carboxylic acids is 1. The van der Waals surface area contributed by atoms with Crippen molar-refractivity contribution in [3.63, 3.8) is 0 Å². The molecule has 15 heavy (non-hydrogen) atoms. The Labute approximate surface area is 90.7 Å². The van der Waals surface area contributed by atoms with Crippen LogP contribution in [0.25, 0.3) is 5.69 Å². The van der Waals surface area contributed by atoms with Crippen LogP contribution in [0.1, 0.15) is 10.5 Å². The van der Waals surface area contributed by atoms with Crippen molar-refractivity contribution < 1.29 is 9.90 Å². The molecular weight excluding hydrogens is 216 g/mol. The Bertz CT molecular complexity index is 493. The van der Waals surface area contributed by atoms with E-state index in [1.165, 1.54) is 10.7 Å². The molecule has 0 spiro atoms. The Morgan fingerprint density at radius 2 is 2.00 bits per heavy atom. The lowest BCUT2D eigenvalue weighted by Gasteiger charge is -2.00. The average molecular weight is 223 g/mol. The number of aromatic carboxylic acids is 1. The molecule has 0 saturated carbocycles. The number of para-hydroxylation sites is 1. The monoisotopic (exact) mass is 222 g/mol. The summed E-state index contributed by atoms with van der Waals surface area (Å²) in [6, 6.07) is 10.4. The van der Waals surface area contributed by atoms with Crippen molar-refractivity contribution in [2.45, 2.75) is 0 Å². The van der Waals surface area contributed by atoms with Crippen LogP contribution in [0.3, 0.4) is 0 Å². The molecule has 0 unspecified atom stereocenters. The maximum Gasteiger partial charge on any atom is 0.356 e. The van der Waals surface area contributed by atoms with Gasteiger partial charge < -0.3 is 5.11 Å². The van der Waals surface area contributed by atoms with Crippen molar-refractivity contribution in [1.29, 1.82) is 0 Å². The summed E-state index contributed by atoms with van der Waals surface area (Å²) in [6.07, 6.45) is 0. The van der Waals surface area contributed by atoms with Gasteiger partial charge in [-0.15, -0.1) is 0 Å². The van der Waals surface area contributed by atoms with Gasteiger partial charge in [0.05, 0.1) is 5.69 Å². The Morgan fingerprint density at radius 1 is 1.33 bits per heavy atom. The molecule has 1 N–H and O–H groups in total. The minimum absolute atomic E-state index is 0.0659. The topological polar surface area (TPSA) is 55.1 Å². The molecule has 0 amide bonds. The second-order valence-corrected chi connectivity index (χ2v) is 3.29. The lowest BCUT2D eigenvalue weighted by molar-refractivity contribution is 0.0690. The number of benzene rings is 1. The van der Waals surface area contributed by atoms with Crippen LogP contribution < -0.4 is 0 Å². The number of rotatable bonds is 2. The fourth-order valence-electron chi connectivity index (χ4n) is 1.21. The maximum atomic E-state index is 10.7. The third-order valence-electron chi connectivity index (χ3n) is 1.89. The van der Waals surface area contributed by atoms with E-state index in [-0.39, 0.29) is 10.8 Å². The van der Waals surface area contributed by atoms with Gasteiger partial charge >= 0.3 is 5.97 Å². The lowest BCUT2D eigenvalue weighted by Crippen LogP contribution is -2.01. The summed E-state index contributed by atoms with van der Waals surface area (Å²) < 4.78 is 1.38. The summed E-state index contributed by atoms with van der Waals surface area (Å²) in [4.78, 5) is 10.7. The van der Waals surface area contributed by atoms with Crippen LogP contribution in [0.2, 0.25) is 5.15 Å². The highest BCUT2D eigenvalue weighted by atomic mass is 35.5. The van der Waals surface area contributed by atoms with Crippen LogP contribution in [0.5, 0.6) is 0 Å². The molecule has 1 aromatic heterocycles. The van der Waals surface area contributed by atoms with Crippen LogP contribution >= 0.6 is 11.6 Å². The van der Waals surface area contributed by atoms with Gasteiger partial charge in [0.25, 0.3) is 0 Å². The van der Waals surface area contributed by atoms with E-state index in [0.717, 1.165) is 5.69 Å². The Morgan fingerprint density at radius 3 is 2.53 bits per heavy atom. The van der Waals surface area contributed by atoms with E-state index >= 15 is 0 Å². The van der Waals surface area contributed by atoms with Gasteiger partial charge in [-0.1, -0.05) is 29.8 Å². The Balaban J connectivity index is 2.50. The van der Waals surface area contributed by atoms with Gasteiger partial charge in [0.15, 0.2) is 5.69 Å². The first-order valence-corrected chi connectivity index (χ1v) is 4.60. The predicted octanol–water partition coefficient (Wildman–Crippen LogP) is 2.22. The first-order valence-electron chi connectivity index (χ1n) is 4.23. The molecule has 2 rings (SSSR count). The molecule has 5 heteroatoms. The van der Waals surface area contributed by atoms with Gasteiger partial charge in [-0.25, -0.2) is 9.48 Å². The number of carbonyl (C=O) groups is 1. The standard InChI is InChI=1S/C10H7ClN2O2/c11-9-6-8(10(14)15)12-13(9)7-4-2-1-3-5-7/h1-6H,(H,14,15). The highest BCUT2D eigenvalue weighted by Gasteiger charge is 2.12. The highest BCUT2D eigenvalue weighted by Crippen LogP contribution is 2.16. The molecule has 4 nitrogen and oxygen atoms in total. The van der Waals surface area contributed by atoms with E-state index < -0.39 is 5.97 Å². The lowest BCUT2D eigenvalue weighted by atomic mass is 10.3. The zero-order chi connectivity index (χ0) is 10.8. The Kier molecular flexibility index (Phi) is 2.43. The van der Waals surface area contributed by atoms with Crippen LogP contribution in [-0.2, 0) is 0 Å². The first kappa shape index (κ1) is 9.73. The number of carboxylic acid groups (broad SMARTS) is 1. The summed E-state index contributed by atoms with van der Waals surface area (Å²) in [5.74, 6) is -1.09. The molecule has 1 heterocycles. The van der Waals surface area contributed by atoms with Crippen LogP contribution in [0.15, 0.2) is 36.4 Å². The normalized spacial score (nSPS) is 10.2. The number of hydrogen-bond donors (Lipinski definition) is 1. The van der Waals surface area contributed by atoms with Crippen LogP contribution in [0.4, 0.5) is 0 Å². The van der Waals surface area contributed by atoms with E-state index in [4.69, 9.17) is 16.7 Å². The Hall–Kier alpha value is -1.81. The van der Waals surface area contributed by atoms with Crippen molar-refractivity contribution in [3.05, 3.63) is 47.2 Å². The van der Waals surface area contributed by atoms with Crippen LogP contribution in [-0.4, -0.2) is 20.9 Å². The summed E-state index contributed by atoms with van der Waals surface area (Å²) in [5, 5.41) is 12.9. The molecule has 76 valence electrons. The molecule has 1 aromatic carbocycles. The van der Waals surface area contributed by atoms with Crippen LogP contribution in [0, 0.1) is 0 Å². The van der Waals surface area contributed by atoms with Gasteiger partial charge in [-0.2, -0.15) is 5.10 Å². The zero-order valence-corrected chi connectivity index (χ0v) is 8.35. The van der Waals surface area contributed by atoms with Gasteiger partial charge in [-0.05, 0) is 12.1 Å². The van der Waals surface area contributed by atoms with Crippen molar-refractivity contribution in [1.82, 2.24) is 9.78 Å². The molecule has 0 aliphatic carbocycles. The van der Waals surface area contributed by atoms with Gasteiger partial charge in [0.2, 0.25) is 0 Å². The van der Waals surface area contributed by atoms with Crippen molar-refractivity contribution in [2.75, 3.05) is 0 Å². The minimum atomic E-state index is -1.09. The van der Waals surface area contributed by atoms with E-state index in [0.29, 0.717) is 0 Å². The largest absolute Gasteiger partial charge is 0.476 e. The summed E-state index contributed by atoms with van der Waals surface area (Å²) in [6.45, 7) is 0. The third-order valence-corrected chi connectivity index (χ3v) is 2.15. The smallest absolute Gasteiger partial charge is 0.356 e. The number of nitrogens with zero attached hydrogens (tertiary/aromatic N) is 2. The van der Waals surface area contributed by atoms with E-state index in [9.17, 15) is 4.79 Å². The first-order chi connectivity index (χ1) is 7.18. The maximum absolute atomic E-state index is 10.7. The molecule has 0 aliphatic heterocycles. The summed E-state index contributed by atoms with van der Waals surface area (Å²) >= 11 is 5.86. The number of hydrogen-bond acceptors (Lipinski definition) is 2. The molecular formula is C10H7ClN2O2. The van der Waals surface area contributed by atoms with E-state index in [1.807, 2.05) is 18.2 Å². The second-order valence-electron chi connectivity index (χ2n) is 2.90. The average Bonchev–Trinajstić information content (AvgIpc) is 2.62. The van der Waals surface area contributed by atoms with Crippen molar-refractivity contribution >= 4 is 17.6 Å². The minimum Gasteiger partial charge on any atom is -0.476 e. The third kappa shape index (κ3) is 1.85. The number of halogens is 1. The second kappa shape index (κ2) is 3.74. The quantitative estimate of drug-likeness (QED) is 0.848. The summed E-state index contributed by atoms with van der Waals surface area (Å²) in [7, 11) is 0. The van der Waals surface area contributed by atoms with Gasteiger partial charge in [0.1, 0.15) is 5.15 Å². The molecule has 0 aliphatic rings. The summed E-state index contributed by atoms with van der Waals surface area (Å²) in [5.41, 5.74) is 0.666. The molecule has 0 radical (unpaired) electrons. The fraction of sp³-hybridized carbons (Fsp3) is 0. The molecule has 0 saturated heterocycles. The zero-order valence-electron chi connectivity index (χ0n) is 7.59. The van der Waals surface area contributed by atoms with Crippen molar-refractivity contribution in [3.8, 4) is 5.69 Å². The SMILES string of the molecule is O=C(O)c1cc(Cl)n(-c2ccccc2)n1. The fourth-order valence-corrected chi connectivity index (χ4v) is 1.45. The van der Waals surface area contributed by atoms with E-state index in [1.54, 1.807) is 12.1 Å². The molecule has 0 atom stereocenters. The molecule has 0 bridgehead atoms.